The van der Waals surface area contributed by atoms with Crippen LogP contribution in [0.5, 0.6) is 23.0 Å². The Hall–Kier alpha value is -13.8. The molecule has 5 N–H and O–H groups in total. The van der Waals surface area contributed by atoms with Gasteiger partial charge in [-0.1, -0.05) is 94.9 Å². The molecule has 4 atom stereocenters. The number of imidazole rings is 1. The summed E-state index contributed by atoms with van der Waals surface area (Å²) in [6.45, 7) is 9.00. The maximum Gasteiger partial charge on any atom is 0.410 e. The van der Waals surface area contributed by atoms with Gasteiger partial charge in [0.2, 0.25) is 0 Å². The molecule has 4 aliphatic heterocycles. The molecule has 0 saturated heterocycles. The third kappa shape index (κ3) is 24.3. The first-order chi connectivity index (χ1) is 69.0. The van der Waals surface area contributed by atoms with E-state index in [-0.39, 0.29) is 75.0 Å². The number of carbonyl (C=O) groups is 4. The molecule has 4 unspecified atom stereocenters. The summed E-state index contributed by atoms with van der Waals surface area (Å²) in [5, 5.41) is 21.4. The molecule has 141 heavy (non-hydrogen) atoms. The number of aromatic amines is 4. The fourth-order valence-electron chi connectivity index (χ4n) is 18.0. The zero-order valence-corrected chi connectivity index (χ0v) is 81.9. The number of amides is 4. The van der Waals surface area contributed by atoms with Gasteiger partial charge in [0.05, 0.1) is 58.9 Å². The van der Waals surface area contributed by atoms with E-state index >= 15 is 0 Å². The van der Waals surface area contributed by atoms with Crippen molar-refractivity contribution in [2.45, 2.75) is 69.5 Å². The predicted molar refractivity (Wildman–Crippen MR) is 538 cm³/mol. The van der Waals surface area contributed by atoms with Gasteiger partial charge in [-0.15, -0.1) is 11.3 Å². The first-order valence-corrected chi connectivity index (χ1v) is 48.6. The van der Waals surface area contributed by atoms with Gasteiger partial charge in [-0.05, 0) is 198 Å². The Morgan fingerprint density at radius 2 is 0.723 bits per heavy atom. The topological polar surface area (TPSA) is 346 Å². The molecule has 0 spiro atoms. The van der Waals surface area contributed by atoms with Crippen LogP contribution in [-0.2, 0) is 83.2 Å². The van der Waals surface area contributed by atoms with E-state index in [2.05, 4.69) is 50.4 Å². The summed E-state index contributed by atoms with van der Waals surface area (Å²) < 4.78 is 71.1. The summed E-state index contributed by atoms with van der Waals surface area (Å²) in [5.41, 5.74) is 16.4. The highest BCUT2D eigenvalue weighted by Crippen LogP contribution is 2.46. The van der Waals surface area contributed by atoms with E-state index in [4.69, 9.17) is 103 Å². The maximum absolute atomic E-state index is 13.1. The van der Waals surface area contributed by atoms with Crippen LogP contribution in [0.3, 0.4) is 0 Å². The van der Waals surface area contributed by atoms with Crippen molar-refractivity contribution in [3.05, 3.63) is 319 Å². The number of thiazole rings is 1. The van der Waals surface area contributed by atoms with Crippen molar-refractivity contribution >= 4 is 131 Å². The highest BCUT2D eigenvalue weighted by Gasteiger charge is 2.41. The molecule has 4 amide bonds. The second-order valence-electron chi connectivity index (χ2n) is 33.3. The molecule has 12 heterocycles. The number of aromatic nitrogens is 12. The number of ether oxygens (including phenoxy) is 12. The van der Waals surface area contributed by atoms with Crippen molar-refractivity contribution in [3.8, 4) is 23.0 Å². The SMILES string of the molecule is COCCOC(=O)N1CCc2c([nH]c3ccc(Cl)cc23)C1c1ccc(OCCNc2nccs2)cc1.COCCOC(=O)N1CCc2c([nH]c3ccc(Cl)cc23)C1c1ccc(OCCn2cccn2)cc1.COCCOC(=O)N1CCc2c([nH]c3ccc(Cl)cc23)C1c1ccc(OCCn2ccnc2)cc1.COCCOC(=O)N1CCc2c([nH]c3ccc(Cl)cc23)C1c1ccc(OCCn2cncn2)cc1. The average molecular weight is 2010 g/mol. The monoisotopic (exact) mass is 2010 g/mol. The third-order valence-corrected chi connectivity index (χ3v) is 26.3. The smallest absolute Gasteiger partial charge is 0.410 e. The lowest BCUT2D eigenvalue weighted by Gasteiger charge is -2.35. The van der Waals surface area contributed by atoms with E-state index in [0.29, 0.717) is 151 Å². The van der Waals surface area contributed by atoms with Crippen molar-refractivity contribution in [2.75, 3.05) is 146 Å². The number of methoxy groups -OCH3 is 4. The van der Waals surface area contributed by atoms with Crippen molar-refractivity contribution in [1.82, 2.24) is 78.6 Å². The minimum atomic E-state index is -0.373. The molecule has 8 aromatic heterocycles. The molecular weight excluding hydrogens is 1910 g/mol. The van der Waals surface area contributed by atoms with Gasteiger partial charge in [0.1, 0.15) is 113 Å². The summed E-state index contributed by atoms with van der Waals surface area (Å²) in [6.07, 6.45) is 15.3. The van der Waals surface area contributed by atoms with E-state index in [1.54, 1.807) is 95.3 Å². The summed E-state index contributed by atoms with van der Waals surface area (Å²) in [5.74, 6) is 3.02. The van der Waals surface area contributed by atoms with Crippen LogP contribution >= 0.6 is 57.7 Å². The molecule has 0 bridgehead atoms. The highest BCUT2D eigenvalue weighted by atomic mass is 35.5. The van der Waals surface area contributed by atoms with Crippen molar-refractivity contribution < 1.29 is 76.0 Å². The Morgan fingerprint density at radius 3 is 1.03 bits per heavy atom. The number of anilines is 1. The zero-order valence-electron chi connectivity index (χ0n) is 78.0. The Kier molecular flexibility index (Phi) is 33.6. The van der Waals surface area contributed by atoms with E-state index in [9.17, 15) is 19.2 Å². The van der Waals surface area contributed by atoms with E-state index in [1.807, 2.05) is 203 Å². The maximum atomic E-state index is 13.1. The number of H-pyrrole nitrogens is 4. The summed E-state index contributed by atoms with van der Waals surface area (Å²) >= 11 is 26.7. The van der Waals surface area contributed by atoms with Crippen LogP contribution in [0, 0.1) is 0 Å². The first kappa shape index (κ1) is 98.8. The number of nitrogens with zero attached hydrogens (tertiary/aromatic N) is 12. The lowest BCUT2D eigenvalue weighted by molar-refractivity contribution is 0.0626. The summed E-state index contributed by atoms with van der Waals surface area (Å²) in [4.78, 5) is 85.5. The van der Waals surface area contributed by atoms with Gasteiger partial charge >= 0.3 is 24.4 Å². The van der Waals surface area contributed by atoms with Gasteiger partial charge < -0.3 is 86.7 Å². The molecule has 20 rings (SSSR count). The summed E-state index contributed by atoms with van der Waals surface area (Å²) in [7, 11) is 6.32. The molecule has 16 aromatic rings. The molecule has 734 valence electrons. The summed E-state index contributed by atoms with van der Waals surface area (Å²) in [6, 6.07) is 55.3. The number of halogens is 4. The Labute approximate surface area is 836 Å². The van der Waals surface area contributed by atoms with E-state index < -0.39 is 0 Å². The second kappa shape index (κ2) is 47.9. The predicted octanol–water partition coefficient (Wildman–Crippen LogP) is 19.4. The van der Waals surface area contributed by atoms with E-state index in [0.717, 1.165) is 117 Å². The molecule has 38 heteroatoms. The van der Waals surface area contributed by atoms with Gasteiger partial charge in [-0.2, -0.15) is 10.2 Å². The number of hydrogen-bond acceptors (Lipinski definition) is 23. The Bertz CT molecular complexity index is 6310. The van der Waals surface area contributed by atoms with Gasteiger partial charge in [0, 0.05) is 177 Å². The van der Waals surface area contributed by atoms with Crippen LogP contribution in [0.2, 0.25) is 20.1 Å². The number of carbonyl (C=O) groups excluding carboxylic acids is 4. The van der Waals surface area contributed by atoms with Gasteiger partial charge in [-0.3, -0.25) is 24.3 Å². The number of rotatable bonds is 33. The van der Waals surface area contributed by atoms with Gasteiger partial charge in [-0.25, -0.2) is 38.8 Å². The molecule has 8 aromatic carbocycles. The van der Waals surface area contributed by atoms with Crippen LogP contribution in [0.25, 0.3) is 43.6 Å². The molecular formula is C103H107Cl4N17O16S. The minimum absolute atomic E-state index is 0.201. The first-order valence-electron chi connectivity index (χ1n) is 46.2. The lowest BCUT2D eigenvalue weighted by atomic mass is 9.92. The minimum Gasteiger partial charge on any atom is -0.492 e. The number of nitrogens with one attached hydrogen (secondary N) is 5. The van der Waals surface area contributed by atoms with Crippen LogP contribution in [0.1, 0.15) is 91.5 Å². The van der Waals surface area contributed by atoms with Gasteiger partial charge in [0.25, 0.3) is 0 Å². The zero-order chi connectivity index (χ0) is 97.5. The lowest BCUT2D eigenvalue weighted by Crippen LogP contribution is -2.41. The number of benzene rings is 8. The van der Waals surface area contributed by atoms with Crippen molar-refractivity contribution in [3.63, 3.8) is 0 Å². The van der Waals surface area contributed by atoms with Crippen LogP contribution in [0.4, 0.5) is 24.3 Å². The molecule has 33 nitrogen and oxygen atoms in total. The largest absolute Gasteiger partial charge is 0.492 e. The second-order valence-corrected chi connectivity index (χ2v) is 35.9. The van der Waals surface area contributed by atoms with Crippen LogP contribution < -0.4 is 24.3 Å². The quantitative estimate of drug-likeness (QED) is 0.0188. The normalized spacial score (nSPS) is 15.2. The fourth-order valence-corrected chi connectivity index (χ4v) is 19.2. The van der Waals surface area contributed by atoms with E-state index in [1.165, 1.54) is 28.6 Å². The standard InChI is InChI=1S/C26H27ClN4O4S.2C26H27ClN4O4.C25H26ClN5O4/c1-33-13-14-35-26(32)31-11-8-20-21-16-18(27)4-7-22(21)30-23(20)24(31)17-2-5-19(6-3-17)34-12-9-28-25-29-10-15-36-25;1-33-15-16-35-26(32)31-12-9-21-22-17-19(27)5-8-23(22)29-24(21)25(31)18-3-6-20(7-4-18)34-14-13-30-11-2-10-28-30;1-33-14-15-35-26(32)31-10-8-21-22-16-19(27)4-7-23(22)29-24(21)25(31)18-2-5-20(6-3-18)34-13-12-30-11-9-28-17-30;1-33-12-13-35-25(32)31-9-8-20-21-14-18(26)4-7-22(21)29-23(20)24(31)17-2-5-19(6-3-17)34-11-10-30-16-27-15-28-30/h2-7,10,15-16,24,30H,8-9,11-14H2,1H3,(H,28,29);2-8,10-11,17,25,29H,9,12-16H2,1H3;2-7,9,11,16-17,25,29H,8,10,12-15H2,1H3;2-7,14-16,24,29H,8-13H2,1H3. The van der Waals surface area contributed by atoms with Gasteiger partial charge in [0.15, 0.2) is 5.13 Å². The van der Waals surface area contributed by atoms with Crippen molar-refractivity contribution in [1.29, 1.82) is 0 Å². The molecule has 4 aliphatic rings. The number of fused-ring (bicyclic) bond motifs is 12. The molecule has 0 fully saturated rings. The van der Waals surface area contributed by atoms with Crippen LogP contribution in [0.15, 0.2) is 231 Å². The fraction of sp³-hybridized carbons (Fsp3) is 0.311. The van der Waals surface area contributed by atoms with Crippen LogP contribution in [-0.4, -0.2) is 243 Å². The number of hydrogen-bond donors (Lipinski definition) is 5. The molecule has 0 aliphatic carbocycles. The Morgan fingerprint density at radius 1 is 0.376 bits per heavy atom. The average Bonchev–Trinajstić information content (AvgIpc) is 1.59. The van der Waals surface area contributed by atoms with Crippen molar-refractivity contribution in [2.24, 2.45) is 0 Å². The highest BCUT2D eigenvalue weighted by molar-refractivity contribution is 7.13. The molecule has 0 radical (unpaired) electrons. The Balaban J connectivity index is 0.000000130. The third-order valence-electron chi connectivity index (χ3n) is 24.6. The molecule has 0 saturated carbocycles.